The van der Waals surface area contributed by atoms with Gasteiger partial charge in [-0.25, -0.2) is 0 Å². The fourth-order valence-electron chi connectivity index (χ4n) is 4.55. The monoisotopic (exact) mass is 430 g/mol. The zero-order valence-electron chi connectivity index (χ0n) is 19.2. The Morgan fingerprint density at radius 2 is 1.77 bits per heavy atom. The minimum Gasteiger partial charge on any atom is -0.497 e. The van der Waals surface area contributed by atoms with Crippen LogP contribution in [0.1, 0.15) is 44.1 Å². The molecule has 2 aliphatic rings. The number of benzene rings is 1. The molecule has 2 fully saturated rings. The van der Waals surface area contributed by atoms with Gasteiger partial charge in [0, 0.05) is 44.6 Å². The molecule has 2 atom stereocenters. The van der Waals surface area contributed by atoms with Crippen molar-refractivity contribution in [3.8, 4) is 5.75 Å². The number of methoxy groups -OCH3 is 1. The summed E-state index contributed by atoms with van der Waals surface area (Å²) >= 11 is 0. The lowest BCUT2D eigenvalue weighted by molar-refractivity contribution is -0.135. The van der Waals surface area contributed by atoms with E-state index in [1.807, 2.05) is 36.2 Å². The minimum absolute atomic E-state index is 0.0284. The second-order valence-corrected chi connectivity index (χ2v) is 9.11. The molecule has 2 heterocycles. The molecule has 31 heavy (non-hydrogen) atoms. The molecule has 0 aliphatic carbocycles. The third kappa shape index (κ3) is 7.21. The first-order valence-electron chi connectivity index (χ1n) is 11.5. The van der Waals surface area contributed by atoms with E-state index < -0.39 is 0 Å². The van der Waals surface area contributed by atoms with E-state index in [9.17, 15) is 9.59 Å². The molecule has 172 valence electrons. The summed E-state index contributed by atoms with van der Waals surface area (Å²) in [6, 6.07) is 8.48. The Morgan fingerprint density at radius 3 is 2.45 bits per heavy atom. The van der Waals surface area contributed by atoms with Crippen LogP contribution >= 0.6 is 0 Å². The first-order valence-corrected chi connectivity index (χ1v) is 11.5. The Bertz CT molecular complexity index is 716. The van der Waals surface area contributed by atoms with E-state index >= 15 is 0 Å². The van der Waals surface area contributed by atoms with Gasteiger partial charge in [-0.05, 0) is 63.5 Å². The van der Waals surface area contributed by atoms with E-state index in [0.717, 1.165) is 56.5 Å². The highest BCUT2D eigenvalue weighted by Crippen LogP contribution is 2.20. The summed E-state index contributed by atoms with van der Waals surface area (Å²) in [4.78, 5) is 29.8. The van der Waals surface area contributed by atoms with Crippen LogP contribution < -0.4 is 15.4 Å². The average molecular weight is 431 g/mol. The number of hydrogen-bond acceptors (Lipinski definition) is 5. The average Bonchev–Trinajstić information content (AvgIpc) is 2.84. The van der Waals surface area contributed by atoms with Crippen molar-refractivity contribution in [2.45, 2.75) is 57.2 Å². The molecule has 2 saturated heterocycles. The van der Waals surface area contributed by atoms with Crippen LogP contribution in [0.3, 0.4) is 0 Å². The van der Waals surface area contributed by atoms with Crippen molar-refractivity contribution in [1.29, 1.82) is 0 Å². The number of piperidine rings is 1. The topological polar surface area (TPSA) is 73.9 Å². The van der Waals surface area contributed by atoms with Crippen LogP contribution in [0, 0.1) is 5.92 Å². The number of nitrogens with one attached hydrogen (secondary N) is 2. The number of amides is 2. The number of carbonyl (C=O) groups is 2. The summed E-state index contributed by atoms with van der Waals surface area (Å²) in [6.07, 6.45) is 5.28. The Balaban J connectivity index is 1.52. The van der Waals surface area contributed by atoms with Gasteiger partial charge in [0.25, 0.3) is 0 Å². The number of likely N-dealkylation sites (N-methyl/N-ethyl adjacent to an activating group) is 1. The van der Waals surface area contributed by atoms with Crippen molar-refractivity contribution in [2.24, 2.45) is 5.92 Å². The Labute approximate surface area is 186 Å². The van der Waals surface area contributed by atoms with Crippen LogP contribution in [-0.2, 0) is 16.1 Å². The number of rotatable bonds is 6. The fraction of sp³-hybridized carbons (Fsp3) is 0.667. The Kier molecular flexibility index (Phi) is 8.72. The molecule has 2 N–H and O–H groups in total. The molecular weight excluding hydrogens is 392 g/mol. The number of carbonyl (C=O) groups excluding carboxylic acids is 2. The van der Waals surface area contributed by atoms with Gasteiger partial charge in [0.2, 0.25) is 11.8 Å². The number of ether oxygens (including phenoxy) is 1. The molecule has 2 aliphatic heterocycles. The quantitative estimate of drug-likeness (QED) is 0.722. The summed E-state index contributed by atoms with van der Waals surface area (Å²) in [5, 5.41) is 6.81. The van der Waals surface area contributed by atoms with Gasteiger partial charge in [0.1, 0.15) is 5.75 Å². The van der Waals surface area contributed by atoms with Crippen molar-refractivity contribution in [2.75, 3.05) is 40.8 Å². The van der Waals surface area contributed by atoms with Gasteiger partial charge < -0.3 is 25.2 Å². The third-order valence-corrected chi connectivity index (χ3v) is 6.63. The maximum atomic E-state index is 12.8. The van der Waals surface area contributed by atoms with Gasteiger partial charge >= 0.3 is 0 Å². The lowest BCUT2D eigenvalue weighted by Crippen LogP contribution is -2.49. The molecular formula is C24H38N4O3. The normalized spacial score (nSPS) is 24.2. The van der Waals surface area contributed by atoms with Crippen molar-refractivity contribution >= 4 is 11.8 Å². The van der Waals surface area contributed by atoms with E-state index in [-0.39, 0.29) is 24.2 Å². The summed E-state index contributed by atoms with van der Waals surface area (Å²) < 4.78 is 5.17. The van der Waals surface area contributed by atoms with Crippen LogP contribution in [0.5, 0.6) is 5.75 Å². The van der Waals surface area contributed by atoms with Crippen LogP contribution in [0.15, 0.2) is 24.3 Å². The smallest absolute Gasteiger partial charge is 0.223 e. The Morgan fingerprint density at radius 1 is 1.06 bits per heavy atom. The molecule has 7 heteroatoms. The molecule has 7 nitrogen and oxygen atoms in total. The van der Waals surface area contributed by atoms with Crippen molar-refractivity contribution < 1.29 is 14.3 Å². The van der Waals surface area contributed by atoms with Crippen molar-refractivity contribution in [1.82, 2.24) is 20.4 Å². The minimum atomic E-state index is -0.268. The van der Waals surface area contributed by atoms with Gasteiger partial charge in [-0.3, -0.25) is 9.59 Å². The molecule has 0 saturated carbocycles. The van der Waals surface area contributed by atoms with Crippen LogP contribution in [0.4, 0.5) is 0 Å². The molecule has 3 rings (SSSR count). The third-order valence-electron chi connectivity index (χ3n) is 6.63. The maximum Gasteiger partial charge on any atom is 0.223 e. The van der Waals surface area contributed by atoms with Crippen molar-refractivity contribution in [3.63, 3.8) is 0 Å². The number of hydrogen-bond donors (Lipinski definition) is 2. The molecule has 1 aromatic rings. The molecule has 0 spiro atoms. The van der Waals surface area contributed by atoms with Crippen LogP contribution in [-0.4, -0.2) is 74.5 Å². The first kappa shape index (κ1) is 23.5. The maximum absolute atomic E-state index is 12.8. The summed E-state index contributed by atoms with van der Waals surface area (Å²) in [5.74, 6) is 0.555. The van der Waals surface area contributed by atoms with Gasteiger partial charge in [-0.2, -0.15) is 0 Å². The van der Waals surface area contributed by atoms with E-state index in [4.69, 9.17) is 4.74 Å². The fourth-order valence-corrected chi connectivity index (χ4v) is 4.55. The zero-order valence-corrected chi connectivity index (χ0v) is 19.2. The van der Waals surface area contributed by atoms with E-state index in [2.05, 4.69) is 22.6 Å². The van der Waals surface area contributed by atoms with E-state index in [1.54, 1.807) is 7.11 Å². The predicted octanol–water partition coefficient (Wildman–Crippen LogP) is 2.01. The van der Waals surface area contributed by atoms with Gasteiger partial charge in [0.15, 0.2) is 0 Å². The molecule has 2 amide bonds. The second kappa shape index (κ2) is 11.5. The number of likely N-dealkylation sites (tertiary alicyclic amines) is 1. The summed E-state index contributed by atoms with van der Waals surface area (Å²) in [7, 11) is 5.67. The van der Waals surface area contributed by atoms with Crippen LogP contribution in [0.2, 0.25) is 0 Å². The first-order chi connectivity index (χ1) is 14.9. The van der Waals surface area contributed by atoms with Crippen LogP contribution in [0.25, 0.3) is 0 Å². The second-order valence-electron chi connectivity index (χ2n) is 9.11. The highest BCUT2D eigenvalue weighted by Gasteiger charge is 2.28. The predicted molar refractivity (Wildman–Crippen MR) is 122 cm³/mol. The molecule has 0 bridgehead atoms. The molecule has 1 aromatic carbocycles. The lowest BCUT2D eigenvalue weighted by atomic mass is 9.95. The molecule has 0 radical (unpaired) electrons. The highest BCUT2D eigenvalue weighted by molar-refractivity contribution is 5.85. The lowest BCUT2D eigenvalue weighted by Gasteiger charge is -2.34. The largest absolute Gasteiger partial charge is 0.497 e. The van der Waals surface area contributed by atoms with Gasteiger partial charge in [-0.15, -0.1) is 0 Å². The molecule has 0 aromatic heterocycles. The summed E-state index contributed by atoms with van der Waals surface area (Å²) in [5.41, 5.74) is 1.02. The number of nitrogens with zero attached hydrogens (tertiary/aromatic N) is 2. The molecule has 2 unspecified atom stereocenters. The highest BCUT2D eigenvalue weighted by atomic mass is 16.5. The van der Waals surface area contributed by atoms with E-state index in [0.29, 0.717) is 25.2 Å². The SMILES string of the molecule is COc1ccc(CNC(=O)C2CCCC(NC3CCN(C)CC3)CN(C)C(=O)C2)cc1. The van der Waals surface area contributed by atoms with E-state index in [1.165, 1.54) is 0 Å². The van der Waals surface area contributed by atoms with Gasteiger partial charge in [-0.1, -0.05) is 18.6 Å². The standard InChI is InChI=1S/C24H38N4O3/c1-27-13-11-20(12-14-27)26-21-6-4-5-19(15-23(29)28(2)17-21)24(30)25-16-18-7-9-22(31-3)10-8-18/h7-10,19-21,26H,4-6,11-17H2,1-3H3,(H,25,30). The summed E-state index contributed by atoms with van der Waals surface area (Å²) in [6.45, 7) is 3.42. The van der Waals surface area contributed by atoms with Crippen molar-refractivity contribution in [3.05, 3.63) is 29.8 Å². The zero-order chi connectivity index (χ0) is 22.2. The van der Waals surface area contributed by atoms with Gasteiger partial charge in [0.05, 0.1) is 7.11 Å². The Hall–Kier alpha value is -2.12.